The topological polar surface area (TPSA) is 44.5 Å². The van der Waals surface area contributed by atoms with E-state index in [1.54, 1.807) is 0 Å². The molecule has 19 heavy (non-hydrogen) atoms. The van der Waals surface area contributed by atoms with Gasteiger partial charge in [0.05, 0.1) is 6.61 Å². The Labute approximate surface area is 116 Å². The number of hydrogen-bond acceptors (Lipinski definition) is 3. The van der Waals surface area contributed by atoms with Crippen LogP contribution in [-0.2, 0) is 4.74 Å². The maximum atomic E-state index is 6.18. The van der Waals surface area contributed by atoms with E-state index >= 15 is 0 Å². The van der Waals surface area contributed by atoms with E-state index in [1.807, 2.05) is 12.1 Å². The first-order valence-corrected chi connectivity index (χ1v) is 7.27. The molecular weight excluding hydrogens is 238 g/mol. The molecule has 0 bridgehead atoms. The van der Waals surface area contributed by atoms with Crippen molar-refractivity contribution in [1.29, 1.82) is 0 Å². The van der Waals surface area contributed by atoms with E-state index in [0.717, 1.165) is 50.6 Å². The molecular formula is C16H25NO2. The molecule has 0 saturated carbocycles. The van der Waals surface area contributed by atoms with Gasteiger partial charge in [-0.3, -0.25) is 0 Å². The highest BCUT2D eigenvalue weighted by Crippen LogP contribution is 2.20. The fourth-order valence-electron chi connectivity index (χ4n) is 2.56. The molecule has 1 unspecified atom stereocenters. The molecule has 0 radical (unpaired) electrons. The summed E-state index contributed by atoms with van der Waals surface area (Å²) >= 11 is 0. The summed E-state index contributed by atoms with van der Waals surface area (Å²) in [6.07, 6.45) is 4.34. The first-order chi connectivity index (χ1) is 9.24. The Morgan fingerprint density at radius 1 is 1.37 bits per heavy atom. The minimum atomic E-state index is 0.243. The standard InChI is InChI=1S/C16H25NO2/c1-13-3-2-4-16(11-13)19-10-7-15(17)12-14-5-8-18-9-6-14/h2-4,11,14-15H,5-10,12,17H2,1H3. The molecule has 0 aromatic heterocycles. The smallest absolute Gasteiger partial charge is 0.119 e. The van der Waals surface area contributed by atoms with Crippen LogP contribution < -0.4 is 10.5 Å². The van der Waals surface area contributed by atoms with Crippen LogP contribution in [0.1, 0.15) is 31.2 Å². The minimum absolute atomic E-state index is 0.243. The molecule has 2 N–H and O–H groups in total. The lowest BCUT2D eigenvalue weighted by atomic mass is 9.92. The van der Waals surface area contributed by atoms with Crippen LogP contribution in [-0.4, -0.2) is 25.9 Å². The van der Waals surface area contributed by atoms with Crippen molar-refractivity contribution in [3.63, 3.8) is 0 Å². The molecule has 0 aliphatic carbocycles. The quantitative estimate of drug-likeness (QED) is 0.858. The molecule has 1 saturated heterocycles. The van der Waals surface area contributed by atoms with Crippen molar-refractivity contribution < 1.29 is 9.47 Å². The zero-order chi connectivity index (χ0) is 13.5. The van der Waals surface area contributed by atoms with Gasteiger partial charge in [0.15, 0.2) is 0 Å². The highest BCUT2D eigenvalue weighted by molar-refractivity contribution is 5.27. The fourth-order valence-corrected chi connectivity index (χ4v) is 2.56. The van der Waals surface area contributed by atoms with Crippen LogP contribution in [0.4, 0.5) is 0 Å². The van der Waals surface area contributed by atoms with Crippen LogP contribution in [0.25, 0.3) is 0 Å². The highest BCUT2D eigenvalue weighted by atomic mass is 16.5. The summed E-state index contributed by atoms with van der Waals surface area (Å²) in [5.74, 6) is 1.68. The fraction of sp³-hybridized carbons (Fsp3) is 0.625. The summed E-state index contributed by atoms with van der Waals surface area (Å²) in [7, 11) is 0. The Bertz CT molecular complexity index is 375. The summed E-state index contributed by atoms with van der Waals surface area (Å²) in [6.45, 7) is 4.58. The second-order valence-corrected chi connectivity index (χ2v) is 5.51. The van der Waals surface area contributed by atoms with Gasteiger partial charge in [-0.05, 0) is 56.2 Å². The maximum absolute atomic E-state index is 6.18. The number of aryl methyl sites for hydroxylation is 1. The monoisotopic (exact) mass is 263 g/mol. The van der Waals surface area contributed by atoms with E-state index in [4.69, 9.17) is 15.2 Å². The number of rotatable bonds is 6. The van der Waals surface area contributed by atoms with Crippen molar-refractivity contribution in [2.24, 2.45) is 11.7 Å². The average molecular weight is 263 g/mol. The van der Waals surface area contributed by atoms with Gasteiger partial charge in [-0.15, -0.1) is 0 Å². The van der Waals surface area contributed by atoms with Gasteiger partial charge in [0.1, 0.15) is 5.75 Å². The van der Waals surface area contributed by atoms with Crippen molar-refractivity contribution in [2.45, 2.75) is 38.6 Å². The Morgan fingerprint density at radius 2 is 2.16 bits per heavy atom. The lowest BCUT2D eigenvalue weighted by Crippen LogP contribution is -2.28. The number of benzene rings is 1. The van der Waals surface area contributed by atoms with Crippen molar-refractivity contribution in [2.75, 3.05) is 19.8 Å². The molecule has 3 heteroatoms. The summed E-state index contributed by atoms with van der Waals surface area (Å²) in [6, 6.07) is 8.39. The normalized spacial score (nSPS) is 18.2. The highest BCUT2D eigenvalue weighted by Gasteiger charge is 2.16. The van der Waals surface area contributed by atoms with Gasteiger partial charge in [0.2, 0.25) is 0 Å². The van der Waals surface area contributed by atoms with Gasteiger partial charge in [0, 0.05) is 19.3 Å². The first-order valence-electron chi connectivity index (χ1n) is 7.27. The Kier molecular flexibility index (Phi) is 5.67. The SMILES string of the molecule is Cc1cccc(OCCC(N)CC2CCOCC2)c1. The summed E-state index contributed by atoms with van der Waals surface area (Å²) in [4.78, 5) is 0. The Balaban J connectivity index is 1.64. The second-order valence-electron chi connectivity index (χ2n) is 5.51. The number of ether oxygens (including phenoxy) is 2. The van der Waals surface area contributed by atoms with Crippen molar-refractivity contribution >= 4 is 0 Å². The van der Waals surface area contributed by atoms with Gasteiger partial charge < -0.3 is 15.2 Å². The molecule has 106 valence electrons. The Morgan fingerprint density at radius 3 is 2.89 bits per heavy atom. The van der Waals surface area contributed by atoms with Gasteiger partial charge in [-0.1, -0.05) is 12.1 Å². The van der Waals surface area contributed by atoms with Crippen LogP contribution >= 0.6 is 0 Å². The predicted molar refractivity (Wildman–Crippen MR) is 77.4 cm³/mol. The van der Waals surface area contributed by atoms with Crippen LogP contribution in [0.3, 0.4) is 0 Å². The van der Waals surface area contributed by atoms with E-state index in [0.29, 0.717) is 6.61 Å². The third-order valence-electron chi connectivity index (χ3n) is 3.72. The molecule has 1 heterocycles. The lowest BCUT2D eigenvalue weighted by Gasteiger charge is -2.24. The van der Waals surface area contributed by atoms with Gasteiger partial charge >= 0.3 is 0 Å². The van der Waals surface area contributed by atoms with Crippen LogP contribution in [0.2, 0.25) is 0 Å². The van der Waals surface area contributed by atoms with E-state index in [-0.39, 0.29) is 6.04 Å². The molecule has 0 spiro atoms. The van der Waals surface area contributed by atoms with Crippen molar-refractivity contribution in [3.05, 3.63) is 29.8 Å². The molecule has 2 rings (SSSR count). The van der Waals surface area contributed by atoms with E-state index in [1.165, 1.54) is 5.56 Å². The summed E-state index contributed by atoms with van der Waals surface area (Å²) in [5, 5.41) is 0. The zero-order valence-corrected chi connectivity index (χ0v) is 11.8. The second kappa shape index (κ2) is 7.51. The molecule has 3 nitrogen and oxygen atoms in total. The number of nitrogens with two attached hydrogens (primary N) is 1. The number of hydrogen-bond donors (Lipinski definition) is 1. The average Bonchev–Trinajstić information content (AvgIpc) is 2.40. The maximum Gasteiger partial charge on any atom is 0.119 e. The van der Waals surface area contributed by atoms with Gasteiger partial charge in [-0.25, -0.2) is 0 Å². The molecule has 1 aliphatic heterocycles. The van der Waals surface area contributed by atoms with Crippen LogP contribution in [0.15, 0.2) is 24.3 Å². The van der Waals surface area contributed by atoms with Gasteiger partial charge in [-0.2, -0.15) is 0 Å². The minimum Gasteiger partial charge on any atom is -0.494 e. The molecule has 1 fully saturated rings. The van der Waals surface area contributed by atoms with Crippen molar-refractivity contribution in [1.82, 2.24) is 0 Å². The van der Waals surface area contributed by atoms with E-state index in [9.17, 15) is 0 Å². The molecule has 0 amide bonds. The molecule has 1 aliphatic rings. The molecule has 1 atom stereocenters. The summed E-state index contributed by atoms with van der Waals surface area (Å²) < 4.78 is 11.1. The third kappa shape index (κ3) is 5.21. The largest absolute Gasteiger partial charge is 0.494 e. The van der Waals surface area contributed by atoms with Crippen LogP contribution in [0.5, 0.6) is 5.75 Å². The van der Waals surface area contributed by atoms with Crippen molar-refractivity contribution in [3.8, 4) is 5.75 Å². The van der Waals surface area contributed by atoms with E-state index < -0.39 is 0 Å². The first kappa shape index (κ1) is 14.4. The van der Waals surface area contributed by atoms with E-state index in [2.05, 4.69) is 19.1 Å². The molecule has 1 aromatic carbocycles. The van der Waals surface area contributed by atoms with Crippen LogP contribution in [0, 0.1) is 12.8 Å². The zero-order valence-electron chi connectivity index (χ0n) is 11.8. The third-order valence-corrected chi connectivity index (χ3v) is 3.72. The lowest BCUT2D eigenvalue weighted by molar-refractivity contribution is 0.0611. The molecule has 1 aromatic rings. The van der Waals surface area contributed by atoms with Gasteiger partial charge in [0.25, 0.3) is 0 Å². The Hall–Kier alpha value is -1.06. The summed E-state index contributed by atoms with van der Waals surface area (Å²) in [5.41, 5.74) is 7.40. The predicted octanol–water partition coefficient (Wildman–Crippen LogP) is 2.91.